The smallest absolute Gasteiger partial charge is 0.274 e. The summed E-state index contributed by atoms with van der Waals surface area (Å²) in [7, 11) is 0. The lowest BCUT2D eigenvalue weighted by Crippen LogP contribution is -2.33. The van der Waals surface area contributed by atoms with E-state index in [0.29, 0.717) is 18.8 Å². The van der Waals surface area contributed by atoms with Gasteiger partial charge in [0.2, 0.25) is 0 Å². The Morgan fingerprint density at radius 1 is 1.12 bits per heavy atom. The van der Waals surface area contributed by atoms with Crippen molar-refractivity contribution in [1.82, 2.24) is 14.9 Å². The number of thiophene rings is 1. The van der Waals surface area contributed by atoms with E-state index in [9.17, 15) is 4.79 Å². The van der Waals surface area contributed by atoms with Gasteiger partial charge < -0.3 is 9.32 Å². The van der Waals surface area contributed by atoms with Crippen LogP contribution in [0.25, 0.3) is 11.0 Å². The molecule has 26 heavy (non-hydrogen) atoms. The Kier molecular flexibility index (Phi) is 4.75. The fourth-order valence-corrected chi connectivity index (χ4v) is 3.48. The van der Waals surface area contributed by atoms with Gasteiger partial charge >= 0.3 is 0 Å². The molecule has 130 valence electrons. The van der Waals surface area contributed by atoms with Crippen molar-refractivity contribution >= 4 is 28.3 Å². The molecule has 0 aliphatic heterocycles. The van der Waals surface area contributed by atoms with E-state index in [0.717, 1.165) is 23.0 Å². The van der Waals surface area contributed by atoms with Crippen molar-refractivity contribution in [3.8, 4) is 0 Å². The second-order valence-corrected chi connectivity index (χ2v) is 6.96. The highest BCUT2D eigenvalue weighted by Gasteiger charge is 2.19. The van der Waals surface area contributed by atoms with Gasteiger partial charge in [-0.05, 0) is 36.1 Å². The van der Waals surface area contributed by atoms with E-state index in [1.54, 1.807) is 35.0 Å². The van der Waals surface area contributed by atoms with Gasteiger partial charge in [-0.25, -0.2) is 4.98 Å². The zero-order valence-corrected chi connectivity index (χ0v) is 14.9. The van der Waals surface area contributed by atoms with E-state index >= 15 is 0 Å². The third-order valence-corrected chi connectivity index (χ3v) is 5.05. The summed E-state index contributed by atoms with van der Waals surface area (Å²) in [4.78, 5) is 25.0. The maximum Gasteiger partial charge on any atom is 0.274 e. The van der Waals surface area contributed by atoms with E-state index in [1.165, 1.54) is 4.88 Å². The Morgan fingerprint density at radius 2 is 2.00 bits per heavy atom. The van der Waals surface area contributed by atoms with Crippen LogP contribution in [0.2, 0.25) is 0 Å². The van der Waals surface area contributed by atoms with Gasteiger partial charge in [0.05, 0.1) is 29.8 Å². The molecule has 0 aliphatic rings. The predicted octanol–water partition coefficient (Wildman–Crippen LogP) is 4.17. The number of hydrogen-bond donors (Lipinski definition) is 0. The lowest BCUT2D eigenvalue weighted by atomic mass is 10.2. The third-order valence-electron chi connectivity index (χ3n) is 4.12. The van der Waals surface area contributed by atoms with Crippen molar-refractivity contribution in [2.75, 3.05) is 6.54 Å². The number of amides is 1. The number of furan rings is 1. The maximum absolute atomic E-state index is 13.1. The second-order valence-electron chi connectivity index (χ2n) is 5.93. The SMILES string of the molecule is O=C(c1cnc2ccccc2n1)N(CCc1cccs1)Cc1ccoc1. The van der Waals surface area contributed by atoms with Gasteiger partial charge in [0.15, 0.2) is 0 Å². The number of rotatable bonds is 6. The van der Waals surface area contributed by atoms with Crippen LogP contribution >= 0.6 is 11.3 Å². The van der Waals surface area contributed by atoms with Crippen LogP contribution < -0.4 is 0 Å². The van der Waals surface area contributed by atoms with Crippen LogP contribution in [-0.2, 0) is 13.0 Å². The monoisotopic (exact) mass is 363 g/mol. The molecule has 4 rings (SSSR count). The molecule has 0 saturated carbocycles. The highest BCUT2D eigenvalue weighted by molar-refractivity contribution is 7.09. The average molecular weight is 363 g/mol. The number of carbonyl (C=O) groups excluding carboxylic acids is 1. The Hall–Kier alpha value is -2.99. The molecule has 0 N–H and O–H groups in total. The lowest BCUT2D eigenvalue weighted by molar-refractivity contribution is 0.0739. The van der Waals surface area contributed by atoms with Gasteiger partial charge in [0.25, 0.3) is 5.91 Å². The average Bonchev–Trinajstić information content (AvgIpc) is 3.38. The van der Waals surface area contributed by atoms with Crippen molar-refractivity contribution in [2.24, 2.45) is 0 Å². The van der Waals surface area contributed by atoms with Crippen LogP contribution in [0.1, 0.15) is 20.9 Å². The van der Waals surface area contributed by atoms with Crippen LogP contribution in [0.15, 0.2) is 71.0 Å². The largest absolute Gasteiger partial charge is 0.472 e. The summed E-state index contributed by atoms with van der Waals surface area (Å²) in [6.45, 7) is 1.09. The van der Waals surface area contributed by atoms with E-state index in [-0.39, 0.29) is 5.91 Å². The Bertz CT molecular complexity index is 997. The van der Waals surface area contributed by atoms with Crippen molar-refractivity contribution in [3.63, 3.8) is 0 Å². The molecule has 5 nitrogen and oxygen atoms in total. The molecule has 6 heteroatoms. The highest BCUT2D eigenvalue weighted by Crippen LogP contribution is 2.15. The summed E-state index contributed by atoms with van der Waals surface area (Å²) in [5.41, 5.74) is 2.82. The first-order valence-corrected chi connectivity index (χ1v) is 9.22. The van der Waals surface area contributed by atoms with Crippen molar-refractivity contribution in [2.45, 2.75) is 13.0 Å². The number of carbonyl (C=O) groups is 1. The number of nitrogens with zero attached hydrogens (tertiary/aromatic N) is 3. The molecule has 1 aromatic carbocycles. The maximum atomic E-state index is 13.1. The second kappa shape index (κ2) is 7.49. The molecular formula is C20H17N3O2S. The minimum atomic E-state index is -0.124. The molecule has 0 radical (unpaired) electrons. The number of para-hydroxylation sites is 2. The Morgan fingerprint density at radius 3 is 2.77 bits per heavy atom. The minimum absolute atomic E-state index is 0.124. The van der Waals surface area contributed by atoms with Crippen molar-refractivity contribution in [3.05, 3.63) is 82.7 Å². The van der Waals surface area contributed by atoms with Crippen molar-refractivity contribution in [1.29, 1.82) is 0 Å². The molecule has 3 heterocycles. The molecule has 4 aromatic rings. The normalized spacial score (nSPS) is 10.9. The third kappa shape index (κ3) is 3.65. The number of aromatic nitrogens is 2. The number of hydrogen-bond acceptors (Lipinski definition) is 5. The van der Waals surface area contributed by atoms with E-state index in [4.69, 9.17) is 4.42 Å². The van der Waals surface area contributed by atoms with Gasteiger partial charge in [0.1, 0.15) is 5.69 Å². The molecule has 3 aromatic heterocycles. The van der Waals surface area contributed by atoms with Gasteiger partial charge in [0, 0.05) is 23.5 Å². The molecule has 1 amide bonds. The quantitative estimate of drug-likeness (QED) is 0.516. The van der Waals surface area contributed by atoms with Crippen LogP contribution in [0.3, 0.4) is 0 Å². The lowest BCUT2D eigenvalue weighted by Gasteiger charge is -2.21. The molecule has 0 atom stereocenters. The van der Waals surface area contributed by atoms with Crippen LogP contribution in [-0.4, -0.2) is 27.3 Å². The summed E-state index contributed by atoms with van der Waals surface area (Å²) in [5.74, 6) is -0.124. The Balaban J connectivity index is 1.58. The van der Waals surface area contributed by atoms with Crippen LogP contribution in [0.4, 0.5) is 0 Å². The molecule has 0 aliphatic carbocycles. The standard InChI is InChI=1S/C20H17N3O2S/c24-20(19-12-21-17-5-1-2-6-18(17)22-19)23(13-15-8-10-25-14-15)9-7-16-4-3-11-26-16/h1-6,8,10-12,14H,7,9,13H2. The zero-order valence-electron chi connectivity index (χ0n) is 14.0. The van der Waals surface area contributed by atoms with E-state index in [1.807, 2.05) is 41.8 Å². The first kappa shape index (κ1) is 16.5. The highest BCUT2D eigenvalue weighted by atomic mass is 32.1. The van der Waals surface area contributed by atoms with Gasteiger partial charge in [-0.1, -0.05) is 18.2 Å². The zero-order chi connectivity index (χ0) is 17.8. The molecule has 0 saturated heterocycles. The number of benzene rings is 1. The van der Waals surface area contributed by atoms with E-state index in [2.05, 4.69) is 16.0 Å². The summed E-state index contributed by atoms with van der Waals surface area (Å²) in [5, 5.41) is 2.05. The predicted molar refractivity (Wildman–Crippen MR) is 101 cm³/mol. The summed E-state index contributed by atoms with van der Waals surface area (Å²) >= 11 is 1.70. The first-order chi connectivity index (χ1) is 12.8. The summed E-state index contributed by atoms with van der Waals surface area (Å²) < 4.78 is 5.14. The molecule has 0 unspecified atom stereocenters. The summed E-state index contributed by atoms with van der Waals surface area (Å²) in [6.07, 6.45) is 5.64. The first-order valence-electron chi connectivity index (χ1n) is 8.34. The van der Waals surface area contributed by atoms with E-state index < -0.39 is 0 Å². The molecule has 0 fully saturated rings. The van der Waals surface area contributed by atoms with Crippen molar-refractivity contribution < 1.29 is 9.21 Å². The van der Waals surface area contributed by atoms with Gasteiger partial charge in [-0.3, -0.25) is 9.78 Å². The van der Waals surface area contributed by atoms with Gasteiger partial charge in [-0.2, -0.15) is 0 Å². The Labute approximate surface area is 154 Å². The molecular weight excluding hydrogens is 346 g/mol. The van der Waals surface area contributed by atoms with Crippen LogP contribution in [0.5, 0.6) is 0 Å². The number of fused-ring (bicyclic) bond motifs is 1. The summed E-state index contributed by atoms with van der Waals surface area (Å²) in [6, 6.07) is 13.5. The molecule has 0 spiro atoms. The topological polar surface area (TPSA) is 59.2 Å². The van der Waals surface area contributed by atoms with Gasteiger partial charge in [-0.15, -0.1) is 11.3 Å². The van der Waals surface area contributed by atoms with Crippen LogP contribution in [0, 0.1) is 0 Å². The fourth-order valence-electron chi connectivity index (χ4n) is 2.78. The fraction of sp³-hybridized carbons (Fsp3) is 0.150. The molecule has 0 bridgehead atoms. The minimum Gasteiger partial charge on any atom is -0.472 e.